The van der Waals surface area contributed by atoms with Gasteiger partial charge in [0.05, 0.1) is 4.47 Å². The lowest BCUT2D eigenvalue weighted by molar-refractivity contribution is 0.147. The van der Waals surface area contributed by atoms with Crippen molar-refractivity contribution in [2.24, 2.45) is 5.41 Å². The zero-order valence-corrected chi connectivity index (χ0v) is 11.4. The maximum Gasteiger partial charge on any atom is 0.143 e. The van der Waals surface area contributed by atoms with Gasteiger partial charge in [0.2, 0.25) is 0 Å². The molecule has 1 aromatic carbocycles. The SMILES string of the molecule is CCCC1(Cc2c(F)ccc(Br)c2F)CNC1. The van der Waals surface area contributed by atoms with E-state index in [-0.39, 0.29) is 11.0 Å². The van der Waals surface area contributed by atoms with E-state index in [1.807, 2.05) is 0 Å². The standard InChI is InChI=1S/C13H16BrF2N/c1-2-5-13(7-17-8-13)6-9-11(15)4-3-10(14)12(9)16/h3-4,17H,2,5-8H2,1H3. The summed E-state index contributed by atoms with van der Waals surface area (Å²) >= 11 is 3.11. The fraction of sp³-hybridized carbons (Fsp3) is 0.538. The third kappa shape index (κ3) is 2.52. The first-order valence-corrected chi connectivity index (χ1v) is 6.70. The normalized spacial score (nSPS) is 17.9. The molecule has 1 aromatic rings. The highest BCUT2D eigenvalue weighted by atomic mass is 79.9. The van der Waals surface area contributed by atoms with E-state index in [0.717, 1.165) is 25.9 Å². The average molecular weight is 304 g/mol. The quantitative estimate of drug-likeness (QED) is 0.837. The van der Waals surface area contributed by atoms with Gasteiger partial charge in [0.25, 0.3) is 0 Å². The van der Waals surface area contributed by atoms with Gasteiger partial charge in [-0.1, -0.05) is 13.3 Å². The molecule has 1 nitrogen and oxygen atoms in total. The van der Waals surface area contributed by atoms with Crippen LogP contribution >= 0.6 is 15.9 Å². The zero-order valence-electron chi connectivity index (χ0n) is 9.82. The van der Waals surface area contributed by atoms with Crippen LogP contribution < -0.4 is 5.32 Å². The van der Waals surface area contributed by atoms with E-state index in [9.17, 15) is 8.78 Å². The van der Waals surface area contributed by atoms with Gasteiger partial charge < -0.3 is 5.32 Å². The van der Waals surface area contributed by atoms with Crippen LogP contribution in [0.5, 0.6) is 0 Å². The Morgan fingerprint density at radius 3 is 2.59 bits per heavy atom. The van der Waals surface area contributed by atoms with E-state index in [0.29, 0.717) is 10.9 Å². The fourth-order valence-electron chi connectivity index (χ4n) is 2.51. The summed E-state index contributed by atoms with van der Waals surface area (Å²) in [5.41, 5.74) is 0.256. The van der Waals surface area contributed by atoms with E-state index in [2.05, 4.69) is 28.2 Å². The van der Waals surface area contributed by atoms with E-state index in [4.69, 9.17) is 0 Å². The first-order valence-electron chi connectivity index (χ1n) is 5.91. The summed E-state index contributed by atoms with van der Waals surface area (Å²) in [6.07, 6.45) is 2.52. The molecule has 1 heterocycles. The van der Waals surface area contributed by atoms with Crippen molar-refractivity contribution in [1.29, 1.82) is 0 Å². The van der Waals surface area contributed by atoms with Gasteiger partial charge in [-0.25, -0.2) is 8.78 Å². The summed E-state index contributed by atoms with van der Waals surface area (Å²) in [6, 6.07) is 2.74. The Hall–Kier alpha value is -0.480. The molecule has 17 heavy (non-hydrogen) atoms. The summed E-state index contributed by atoms with van der Waals surface area (Å²) in [4.78, 5) is 0. The van der Waals surface area contributed by atoms with Gasteiger partial charge in [0, 0.05) is 18.7 Å². The minimum Gasteiger partial charge on any atom is -0.316 e. The molecular weight excluding hydrogens is 288 g/mol. The molecule has 1 fully saturated rings. The van der Waals surface area contributed by atoms with Crippen molar-refractivity contribution in [2.45, 2.75) is 26.2 Å². The smallest absolute Gasteiger partial charge is 0.143 e. The highest BCUT2D eigenvalue weighted by molar-refractivity contribution is 9.10. The molecule has 1 saturated heterocycles. The molecule has 2 rings (SSSR count). The van der Waals surface area contributed by atoms with Gasteiger partial charge in [-0.3, -0.25) is 0 Å². The lowest BCUT2D eigenvalue weighted by atomic mass is 9.73. The number of hydrogen-bond donors (Lipinski definition) is 1. The Morgan fingerprint density at radius 2 is 2.06 bits per heavy atom. The predicted octanol–water partition coefficient (Wildman–Crippen LogP) is 3.66. The van der Waals surface area contributed by atoms with Crippen LogP contribution in [-0.4, -0.2) is 13.1 Å². The zero-order chi connectivity index (χ0) is 12.5. The van der Waals surface area contributed by atoms with Gasteiger partial charge >= 0.3 is 0 Å². The molecule has 0 aromatic heterocycles. The second-order valence-electron chi connectivity index (χ2n) is 4.85. The molecule has 0 aliphatic carbocycles. The summed E-state index contributed by atoms with van der Waals surface area (Å²) < 4.78 is 27.9. The maximum absolute atomic E-state index is 13.9. The van der Waals surface area contributed by atoms with E-state index in [1.54, 1.807) is 0 Å². The lowest BCUT2D eigenvalue weighted by Crippen LogP contribution is -2.54. The summed E-state index contributed by atoms with van der Waals surface area (Å²) in [6.45, 7) is 3.81. The second kappa shape index (κ2) is 5.02. The Labute approximate surface area is 109 Å². The van der Waals surface area contributed by atoms with Gasteiger partial charge in [0.15, 0.2) is 0 Å². The van der Waals surface area contributed by atoms with Crippen molar-refractivity contribution >= 4 is 15.9 Å². The number of benzene rings is 1. The average Bonchev–Trinajstić information content (AvgIpc) is 2.26. The molecule has 0 radical (unpaired) electrons. The third-order valence-electron chi connectivity index (χ3n) is 3.47. The Balaban J connectivity index is 2.26. The van der Waals surface area contributed by atoms with E-state index < -0.39 is 11.6 Å². The minimum atomic E-state index is -0.452. The molecule has 1 N–H and O–H groups in total. The van der Waals surface area contributed by atoms with Crippen LogP contribution in [0, 0.1) is 17.0 Å². The van der Waals surface area contributed by atoms with Crippen LogP contribution in [0.4, 0.5) is 8.78 Å². The summed E-state index contributed by atoms with van der Waals surface area (Å²) in [5, 5.41) is 3.20. The van der Waals surface area contributed by atoms with Gasteiger partial charge in [-0.15, -0.1) is 0 Å². The number of halogens is 3. The first-order chi connectivity index (χ1) is 8.08. The van der Waals surface area contributed by atoms with Crippen LogP contribution in [0.3, 0.4) is 0 Å². The molecule has 0 bridgehead atoms. The van der Waals surface area contributed by atoms with E-state index in [1.165, 1.54) is 12.1 Å². The van der Waals surface area contributed by atoms with Crippen molar-refractivity contribution in [3.63, 3.8) is 0 Å². The lowest BCUT2D eigenvalue weighted by Gasteiger charge is -2.43. The number of rotatable bonds is 4. The predicted molar refractivity (Wildman–Crippen MR) is 68.0 cm³/mol. The fourth-order valence-corrected chi connectivity index (χ4v) is 2.88. The van der Waals surface area contributed by atoms with Gasteiger partial charge in [-0.05, 0) is 46.3 Å². The molecule has 1 aliphatic rings. The minimum absolute atomic E-state index is 0.0389. The van der Waals surface area contributed by atoms with Crippen molar-refractivity contribution in [3.8, 4) is 0 Å². The number of nitrogens with one attached hydrogen (secondary N) is 1. The summed E-state index contributed by atoms with van der Waals surface area (Å²) in [5.74, 6) is -0.888. The van der Waals surface area contributed by atoms with Crippen LogP contribution in [0.25, 0.3) is 0 Å². The van der Waals surface area contributed by atoms with Crippen LogP contribution in [0.15, 0.2) is 16.6 Å². The van der Waals surface area contributed by atoms with E-state index >= 15 is 0 Å². The van der Waals surface area contributed by atoms with Crippen LogP contribution in [-0.2, 0) is 6.42 Å². The highest BCUT2D eigenvalue weighted by Crippen LogP contribution is 2.35. The first kappa shape index (κ1) is 13.0. The maximum atomic E-state index is 13.9. The third-order valence-corrected chi connectivity index (χ3v) is 4.08. The Kier molecular flexibility index (Phi) is 3.83. The molecule has 4 heteroatoms. The molecule has 0 spiro atoms. The van der Waals surface area contributed by atoms with Gasteiger partial charge in [-0.2, -0.15) is 0 Å². The van der Waals surface area contributed by atoms with Crippen molar-refractivity contribution in [3.05, 3.63) is 33.8 Å². The summed E-state index contributed by atoms with van der Waals surface area (Å²) in [7, 11) is 0. The number of hydrogen-bond acceptors (Lipinski definition) is 1. The van der Waals surface area contributed by atoms with Crippen molar-refractivity contribution < 1.29 is 8.78 Å². The molecule has 0 unspecified atom stereocenters. The molecular formula is C13H16BrF2N. The molecule has 0 saturated carbocycles. The molecule has 0 atom stereocenters. The molecule has 1 aliphatic heterocycles. The highest BCUT2D eigenvalue weighted by Gasteiger charge is 2.37. The second-order valence-corrected chi connectivity index (χ2v) is 5.71. The largest absolute Gasteiger partial charge is 0.316 e. The molecule has 0 amide bonds. The molecule has 94 valence electrons. The van der Waals surface area contributed by atoms with Crippen LogP contribution in [0.2, 0.25) is 0 Å². The van der Waals surface area contributed by atoms with Crippen molar-refractivity contribution in [1.82, 2.24) is 5.32 Å². The van der Waals surface area contributed by atoms with Gasteiger partial charge in [0.1, 0.15) is 11.6 Å². The Morgan fingerprint density at radius 1 is 1.35 bits per heavy atom. The van der Waals surface area contributed by atoms with Crippen molar-refractivity contribution in [2.75, 3.05) is 13.1 Å². The monoisotopic (exact) mass is 303 g/mol. The van der Waals surface area contributed by atoms with Crippen LogP contribution in [0.1, 0.15) is 25.3 Å². The topological polar surface area (TPSA) is 12.0 Å². The Bertz CT molecular complexity index is 416.